The van der Waals surface area contributed by atoms with Gasteiger partial charge in [-0.15, -0.1) is 0 Å². The number of rotatable bonds is 7. The Morgan fingerprint density at radius 2 is 2.16 bits per heavy atom. The number of hydrogen-bond acceptors (Lipinski definition) is 7. The standard InChI is InChI=1S/C16H16BN3O5/c21-15(8-12-9-18-5-6-19-12)20-16(25-17(22)23)7-11-10-24-14-4-2-1-3-13(11)14/h1-6,9-10,16,22-23H,7-8H2,(H,20,21)/t16-/m1/s1. The summed E-state index contributed by atoms with van der Waals surface area (Å²) < 4.78 is 10.4. The van der Waals surface area contributed by atoms with Gasteiger partial charge in [0.05, 0.1) is 18.4 Å². The maximum Gasteiger partial charge on any atom is 0.635 e. The maximum atomic E-state index is 12.2. The van der Waals surface area contributed by atoms with Crippen LogP contribution in [-0.4, -0.2) is 39.5 Å². The number of nitrogens with zero attached hydrogens (tertiary/aromatic N) is 2. The fourth-order valence-corrected chi connectivity index (χ4v) is 2.49. The van der Waals surface area contributed by atoms with E-state index in [-0.39, 0.29) is 18.7 Å². The number of aromatic nitrogens is 2. The van der Waals surface area contributed by atoms with Crippen molar-refractivity contribution in [2.75, 3.05) is 0 Å². The van der Waals surface area contributed by atoms with Gasteiger partial charge in [-0.1, -0.05) is 18.2 Å². The van der Waals surface area contributed by atoms with Crippen molar-refractivity contribution in [1.82, 2.24) is 15.3 Å². The first-order chi connectivity index (χ1) is 12.1. The second-order valence-electron chi connectivity index (χ2n) is 5.35. The van der Waals surface area contributed by atoms with Crippen molar-refractivity contribution < 1.29 is 23.9 Å². The summed E-state index contributed by atoms with van der Waals surface area (Å²) in [7, 11) is -2.01. The highest BCUT2D eigenvalue weighted by molar-refractivity contribution is 6.32. The summed E-state index contributed by atoms with van der Waals surface area (Å²) in [6.45, 7) is 0. The molecule has 0 fully saturated rings. The molecule has 3 aromatic rings. The van der Waals surface area contributed by atoms with Crippen LogP contribution in [0.3, 0.4) is 0 Å². The van der Waals surface area contributed by atoms with Crippen LogP contribution in [0.1, 0.15) is 11.3 Å². The average Bonchev–Trinajstić information content (AvgIpc) is 2.98. The van der Waals surface area contributed by atoms with E-state index in [1.54, 1.807) is 6.26 Å². The van der Waals surface area contributed by atoms with Crippen LogP contribution < -0.4 is 5.32 Å². The van der Waals surface area contributed by atoms with Crippen molar-refractivity contribution in [1.29, 1.82) is 0 Å². The second-order valence-corrected chi connectivity index (χ2v) is 5.35. The molecule has 3 N–H and O–H groups in total. The van der Waals surface area contributed by atoms with Crippen LogP contribution >= 0.6 is 0 Å². The fourth-order valence-electron chi connectivity index (χ4n) is 2.49. The highest BCUT2D eigenvalue weighted by atomic mass is 16.6. The van der Waals surface area contributed by atoms with E-state index in [9.17, 15) is 4.79 Å². The molecule has 9 heteroatoms. The molecular formula is C16H16BN3O5. The lowest BCUT2D eigenvalue weighted by Crippen LogP contribution is -2.43. The number of carbonyl (C=O) groups is 1. The van der Waals surface area contributed by atoms with Gasteiger partial charge in [0.2, 0.25) is 5.91 Å². The fraction of sp³-hybridized carbons (Fsp3) is 0.188. The van der Waals surface area contributed by atoms with E-state index in [0.29, 0.717) is 11.3 Å². The van der Waals surface area contributed by atoms with Crippen LogP contribution in [0.25, 0.3) is 11.0 Å². The molecule has 1 atom stereocenters. The zero-order valence-corrected chi connectivity index (χ0v) is 13.2. The van der Waals surface area contributed by atoms with Crippen molar-refractivity contribution in [3.8, 4) is 0 Å². The zero-order chi connectivity index (χ0) is 17.6. The van der Waals surface area contributed by atoms with Crippen LogP contribution in [0.15, 0.2) is 53.5 Å². The Labute approximate surface area is 143 Å². The molecule has 0 aliphatic rings. The minimum Gasteiger partial charge on any atom is -0.464 e. The molecule has 0 aliphatic heterocycles. The van der Waals surface area contributed by atoms with Gasteiger partial charge in [-0.3, -0.25) is 14.8 Å². The van der Waals surface area contributed by atoms with Crippen LogP contribution in [0.4, 0.5) is 0 Å². The summed E-state index contributed by atoms with van der Waals surface area (Å²) in [5, 5.41) is 21.7. The third-order valence-electron chi connectivity index (χ3n) is 3.53. The van der Waals surface area contributed by atoms with Gasteiger partial charge in [-0.2, -0.15) is 0 Å². The second kappa shape index (κ2) is 7.89. The molecule has 0 aliphatic carbocycles. The summed E-state index contributed by atoms with van der Waals surface area (Å²) in [5.74, 6) is -0.376. The van der Waals surface area contributed by atoms with Gasteiger partial charge in [0, 0.05) is 36.0 Å². The first kappa shape index (κ1) is 17.1. The Balaban J connectivity index is 1.70. The van der Waals surface area contributed by atoms with E-state index in [4.69, 9.17) is 19.1 Å². The molecule has 1 amide bonds. The Kier molecular flexibility index (Phi) is 5.39. The first-order valence-electron chi connectivity index (χ1n) is 7.63. The van der Waals surface area contributed by atoms with E-state index in [2.05, 4.69) is 15.3 Å². The number of fused-ring (bicyclic) bond motifs is 1. The molecular weight excluding hydrogens is 325 g/mol. The van der Waals surface area contributed by atoms with Crippen LogP contribution in [-0.2, 0) is 22.3 Å². The normalized spacial score (nSPS) is 12.1. The number of para-hydroxylation sites is 1. The van der Waals surface area contributed by atoms with E-state index in [1.807, 2.05) is 24.3 Å². The highest BCUT2D eigenvalue weighted by Gasteiger charge is 2.22. The summed E-state index contributed by atoms with van der Waals surface area (Å²) in [6.07, 6.45) is 5.32. The van der Waals surface area contributed by atoms with E-state index in [0.717, 1.165) is 10.9 Å². The molecule has 2 heterocycles. The molecule has 0 spiro atoms. The molecule has 0 saturated heterocycles. The van der Waals surface area contributed by atoms with Crippen molar-refractivity contribution >= 4 is 24.2 Å². The largest absolute Gasteiger partial charge is 0.635 e. The monoisotopic (exact) mass is 341 g/mol. The van der Waals surface area contributed by atoms with E-state index >= 15 is 0 Å². The van der Waals surface area contributed by atoms with E-state index < -0.39 is 13.5 Å². The first-order valence-corrected chi connectivity index (χ1v) is 7.63. The van der Waals surface area contributed by atoms with Crippen molar-refractivity contribution in [3.05, 3.63) is 60.4 Å². The molecule has 25 heavy (non-hydrogen) atoms. The molecule has 3 rings (SSSR count). The van der Waals surface area contributed by atoms with Crippen LogP contribution in [0, 0.1) is 0 Å². The highest BCUT2D eigenvalue weighted by Crippen LogP contribution is 2.22. The SMILES string of the molecule is O=C(Cc1cnccn1)N[C@@H](Cc1coc2ccccc12)OB(O)O. The van der Waals surface area contributed by atoms with Crippen LogP contribution in [0.2, 0.25) is 0 Å². The average molecular weight is 341 g/mol. The quantitative estimate of drug-likeness (QED) is 0.421. The Morgan fingerprint density at radius 1 is 1.32 bits per heavy atom. The summed E-state index contributed by atoms with van der Waals surface area (Å²) in [4.78, 5) is 20.1. The van der Waals surface area contributed by atoms with Crippen LogP contribution in [0.5, 0.6) is 0 Å². The van der Waals surface area contributed by atoms with Gasteiger partial charge < -0.3 is 24.4 Å². The lowest BCUT2D eigenvalue weighted by Gasteiger charge is -2.19. The van der Waals surface area contributed by atoms with Crippen molar-refractivity contribution in [3.63, 3.8) is 0 Å². The number of nitrogens with one attached hydrogen (secondary N) is 1. The third kappa shape index (κ3) is 4.63. The number of benzene rings is 1. The Bertz CT molecular complexity index is 840. The van der Waals surface area contributed by atoms with Gasteiger partial charge in [-0.25, -0.2) is 0 Å². The molecule has 1 aromatic carbocycles. The molecule has 0 unspecified atom stereocenters. The summed E-state index contributed by atoms with van der Waals surface area (Å²) >= 11 is 0. The number of carbonyl (C=O) groups excluding carboxylic acids is 1. The molecule has 0 bridgehead atoms. The molecule has 0 saturated carbocycles. The van der Waals surface area contributed by atoms with Gasteiger partial charge in [0.25, 0.3) is 0 Å². The lowest BCUT2D eigenvalue weighted by atomic mass is 10.1. The predicted molar refractivity (Wildman–Crippen MR) is 88.9 cm³/mol. The maximum absolute atomic E-state index is 12.2. The number of furan rings is 1. The number of amides is 1. The summed E-state index contributed by atoms with van der Waals surface area (Å²) in [5.41, 5.74) is 1.98. The van der Waals surface area contributed by atoms with E-state index in [1.165, 1.54) is 18.6 Å². The van der Waals surface area contributed by atoms with Crippen molar-refractivity contribution in [2.24, 2.45) is 0 Å². The minimum absolute atomic E-state index is 0.00135. The van der Waals surface area contributed by atoms with Gasteiger partial charge in [0.15, 0.2) is 0 Å². The summed E-state index contributed by atoms with van der Waals surface area (Å²) in [6, 6.07) is 7.42. The third-order valence-corrected chi connectivity index (χ3v) is 3.53. The number of hydrogen-bond donors (Lipinski definition) is 3. The van der Waals surface area contributed by atoms with Gasteiger partial charge >= 0.3 is 7.32 Å². The smallest absolute Gasteiger partial charge is 0.464 e. The molecule has 8 nitrogen and oxygen atoms in total. The Hall–Kier alpha value is -2.75. The molecule has 128 valence electrons. The van der Waals surface area contributed by atoms with Crippen molar-refractivity contribution in [2.45, 2.75) is 19.1 Å². The predicted octanol–water partition coefficient (Wildman–Crippen LogP) is 0.436. The molecule has 0 radical (unpaired) electrons. The minimum atomic E-state index is -2.01. The zero-order valence-electron chi connectivity index (χ0n) is 13.2. The lowest BCUT2D eigenvalue weighted by molar-refractivity contribution is -0.123. The molecule has 2 aromatic heterocycles. The van der Waals surface area contributed by atoms with Gasteiger partial charge in [0.1, 0.15) is 11.8 Å². The Morgan fingerprint density at radius 3 is 2.92 bits per heavy atom. The van der Waals surface area contributed by atoms with Gasteiger partial charge in [-0.05, 0) is 6.07 Å². The topological polar surface area (TPSA) is 118 Å².